The molecule has 0 fully saturated rings. The number of nitrogens with zero attached hydrogens (tertiary/aromatic N) is 5. The van der Waals surface area contributed by atoms with Gasteiger partial charge in [0.15, 0.2) is 5.82 Å². The van der Waals surface area contributed by atoms with Gasteiger partial charge in [0.1, 0.15) is 5.82 Å². The van der Waals surface area contributed by atoms with E-state index in [1.165, 1.54) is 0 Å². The van der Waals surface area contributed by atoms with Crippen molar-refractivity contribution in [1.29, 1.82) is 0 Å². The van der Waals surface area contributed by atoms with E-state index in [1.54, 1.807) is 23.7 Å². The van der Waals surface area contributed by atoms with Gasteiger partial charge in [0, 0.05) is 20.1 Å². The van der Waals surface area contributed by atoms with Gasteiger partial charge >= 0.3 is 6.03 Å². The minimum Gasteiger partial charge on any atom is -0.331 e. The molecule has 1 aromatic heterocycles. The first-order chi connectivity index (χ1) is 17.1. The second kappa shape index (κ2) is 14.3. The maximum Gasteiger partial charge on any atom is 0.317 e. The summed E-state index contributed by atoms with van der Waals surface area (Å²) in [6.45, 7) is 10.7. The van der Waals surface area contributed by atoms with Gasteiger partial charge in [-0.2, -0.15) is 5.10 Å². The Kier molecular flexibility index (Phi) is 11.8. The Morgan fingerprint density at radius 1 is 1.14 bits per heavy atom. The summed E-state index contributed by atoms with van der Waals surface area (Å²) in [5.74, 6) is 1.01. The first kappa shape index (κ1) is 29.7. The lowest BCUT2D eigenvalue weighted by molar-refractivity contribution is 0.197. The van der Waals surface area contributed by atoms with Crippen molar-refractivity contribution < 1.29 is 13.2 Å². The Bertz CT molecular complexity index is 1040. The molecule has 2 aromatic rings. The van der Waals surface area contributed by atoms with E-state index in [2.05, 4.69) is 38.9 Å². The molecule has 2 amide bonds. The number of carbonyl (C=O) groups is 1. The van der Waals surface area contributed by atoms with Crippen LogP contribution in [0.3, 0.4) is 0 Å². The molecule has 1 heterocycles. The fourth-order valence-corrected chi connectivity index (χ4v) is 5.03. The topological polar surface area (TPSA) is 112 Å². The predicted octanol–water partition coefficient (Wildman–Crippen LogP) is 2.69. The van der Waals surface area contributed by atoms with Crippen LogP contribution in [0.2, 0.25) is 0 Å². The number of nitrogens with one attached hydrogen (secondary N) is 2. The molecule has 0 spiro atoms. The number of rotatable bonds is 15. The van der Waals surface area contributed by atoms with Crippen molar-refractivity contribution in [3.8, 4) is 0 Å². The van der Waals surface area contributed by atoms with Crippen LogP contribution in [-0.2, 0) is 30.0 Å². The van der Waals surface area contributed by atoms with Crippen LogP contribution in [0, 0.1) is 0 Å². The van der Waals surface area contributed by atoms with Gasteiger partial charge in [-0.15, -0.1) is 0 Å². The summed E-state index contributed by atoms with van der Waals surface area (Å²) in [6, 6.07) is 9.23. The highest BCUT2D eigenvalue weighted by atomic mass is 32.2. The maximum absolute atomic E-state index is 13.0. The normalized spacial score (nSPS) is 12.8. The van der Waals surface area contributed by atoms with Gasteiger partial charge in [-0.1, -0.05) is 44.2 Å². The highest BCUT2D eigenvalue weighted by Gasteiger charge is 2.24. The molecule has 0 saturated carbocycles. The van der Waals surface area contributed by atoms with Crippen molar-refractivity contribution in [2.24, 2.45) is 7.05 Å². The largest absolute Gasteiger partial charge is 0.331 e. The number of sulfonamides is 1. The van der Waals surface area contributed by atoms with E-state index < -0.39 is 16.1 Å². The van der Waals surface area contributed by atoms with Gasteiger partial charge in [-0.25, -0.2) is 22.9 Å². The summed E-state index contributed by atoms with van der Waals surface area (Å²) >= 11 is 0. The van der Waals surface area contributed by atoms with Gasteiger partial charge in [0.25, 0.3) is 0 Å². The van der Waals surface area contributed by atoms with Crippen LogP contribution < -0.4 is 10.0 Å². The highest BCUT2D eigenvalue weighted by Crippen LogP contribution is 2.19. The van der Waals surface area contributed by atoms with Gasteiger partial charge in [0.05, 0.1) is 18.3 Å². The summed E-state index contributed by atoms with van der Waals surface area (Å²) in [6.07, 6.45) is 1.75. The van der Waals surface area contributed by atoms with Gasteiger partial charge in [-0.05, 0) is 58.3 Å². The van der Waals surface area contributed by atoms with Crippen molar-refractivity contribution in [3.05, 3.63) is 47.5 Å². The maximum atomic E-state index is 13.0. The number of benzene rings is 1. The standard InChI is InChI=1S/C25H43N7O3S/c1-7-32(8-2)17-12-18-36(34,35)29-22(16-15-21-13-10-9-11-14-21)24-27-23(31(6)28-24)19-26-25(33)30(5)20(3)4/h9-11,13-14,20,22,29H,7-8,12,15-19H2,1-6H3,(H,26,33)/t22-/m1/s1. The SMILES string of the molecule is CCN(CC)CCCS(=O)(=O)N[C@H](CCc1ccccc1)c1nc(CNC(=O)N(C)C(C)C)n(C)n1. The van der Waals surface area contributed by atoms with E-state index >= 15 is 0 Å². The van der Waals surface area contributed by atoms with Gasteiger partial charge in [0.2, 0.25) is 10.0 Å². The van der Waals surface area contributed by atoms with Crippen LogP contribution >= 0.6 is 0 Å². The molecule has 2 rings (SSSR count). The molecule has 36 heavy (non-hydrogen) atoms. The van der Waals surface area contributed by atoms with Crippen molar-refractivity contribution in [2.45, 2.75) is 65.6 Å². The molecular formula is C25H43N7O3S. The van der Waals surface area contributed by atoms with Crippen molar-refractivity contribution in [2.75, 3.05) is 32.4 Å². The quantitative estimate of drug-likeness (QED) is 0.373. The lowest BCUT2D eigenvalue weighted by Crippen LogP contribution is -2.41. The van der Waals surface area contributed by atoms with Crippen molar-refractivity contribution >= 4 is 16.1 Å². The van der Waals surface area contributed by atoms with Crippen LogP contribution in [-0.4, -0.2) is 77.5 Å². The van der Waals surface area contributed by atoms with E-state index in [-0.39, 0.29) is 24.4 Å². The lowest BCUT2D eigenvalue weighted by Gasteiger charge is -2.21. The zero-order valence-corrected chi connectivity index (χ0v) is 23.4. The number of carbonyl (C=O) groups excluding carboxylic acids is 1. The molecule has 0 aliphatic rings. The molecule has 10 nitrogen and oxygen atoms in total. The minimum atomic E-state index is -3.54. The number of amides is 2. The fourth-order valence-electron chi connectivity index (χ4n) is 3.74. The molecule has 0 aliphatic heterocycles. The number of hydrogen-bond acceptors (Lipinski definition) is 6. The van der Waals surface area contributed by atoms with Crippen molar-refractivity contribution in [1.82, 2.24) is 34.6 Å². The number of urea groups is 1. The first-order valence-electron chi connectivity index (χ1n) is 12.7. The third-order valence-corrected chi connectivity index (χ3v) is 7.81. The van der Waals surface area contributed by atoms with Crippen LogP contribution in [0.15, 0.2) is 30.3 Å². The van der Waals surface area contributed by atoms with E-state index in [4.69, 9.17) is 0 Å². The highest BCUT2D eigenvalue weighted by molar-refractivity contribution is 7.89. The lowest BCUT2D eigenvalue weighted by atomic mass is 10.1. The summed E-state index contributed by atoms with van der Waals surface area (Å²) < 4.78 is 30.4. The molecule has 1 atom stereocenters. The Morgan fingerprint density at radius 2 is 1.81 bits per heavy atom. The summed E-state index contributed by atoms with van der Waals surface area (Å²) in [5, 5.41) is 7.35. The fraction of sp³-hybridized carbons (Fsp3) is 0.640. The molecule has 0 saturated heterocycles. The monoisotopic (exact) mass is 521 g/mol. The smallest absolute Gasteiger partial charge is 0.317 e. The minimum absolute atomic E-state index is 0.0443. The Labute approximate surface area is 216 Å². The second-order valence-electron chi connectivity index (χ2n) is 9.27. The Hall–Kier alpha value is -2.50. The molecule has 2 N–H and O–H groups in total. The Morgan fingerprint density at radius 3 is 2.42 bits per heavy atom. The zero-order chi connectivity index (χ0) is 26.7. The molecule has 202 valence electrons. The molecular weight excluding hydrogens is 478 g/mol. The zero-order valence-electron chi connectivity index (χ0n) is 22.6. The van der Waals surface area contributed by atoms with E-state index in [0.717, 1.165) is 25.2 Å². The average Bonchev–Trinajstić information content (AvgIpc) is 3.23. The van der Waals surface area contributed by atoms with Crippen LogP contribution in [0.1, 0.15) is 63.8 Å². The first-order valence-corrected chi connectivity index (χ1v) is 14.4. The molecule has 0 unspecified atom stereocenters. The third-order valence-electron chi connectivity index (χ3n) is 6.34. The van der Waals surface area contributed by atoms with Crippen LogP contribution in [0.25, 0.3) is 0 Å². The Balaban J connectivity index is 2.14. The van der Waals surface area contributed by atoms with Crippen LogP contribution in [0.5, 0.6) is 0 Å². The molecule has 0 radical (unpaired) electrons. The number of aromatic nitrogens is 3. The summed E-state index contributed by atoms with van der Waals surface area (Å²) in [5.41, 5.74) is 1.11. The molecule has 0 aliphatic carbocycles. The van der Waals surface area contributed by atoms with Gasteiger partial charge in [-0.3, -0.25) is 4.68 Å². The third kappa shape index (κ3) is 9.51. The van der Waals surface area contributed by atoms with Crippen molar-refractivity contribution in [3.63, 3.8) is 0 Å². The molecule has 11 heteroatoms. The second-order valence-corrected chi connectivity index (χ2v) is 11.1. The number of hydrogen-bond donors (Lipinski definition) is 2. The van der Waals surface area contributed by atoms with Gasteiger partial charge < -0.3 is 15.1 Å². The van der Waals surface area contributed by atoms with E-state index in [9.17, 15) is 13.2 Å². The predicted molar refractivity (Wildman–Crippen MR) is 143 cm³/mol. The summed E-state index contributed by atoms with van der Waals surface area (Å²) in [7, 11) is -0.0580. The van der Waals surface area contributed by atoms with Crippen LogP contribution in [0.4, 0.5) is 4.79 Å². The van der Waals surface area contributed by atoms with E-state index in [1.807, 2.05) is 44.2 Å². The average molecular weight is 522 g/mol. The van der Waals surface area contributed by atoms with E-state index in [0.29, 0.717) is 30.9 Å². The molecule has 1 aromatic carbocycles. The summed E-state index contributed by atoms with van der Waals surface area (Å²) in [4.78, 5) is 20.7. The number of aryl methyl sites for hydroxylation is 2. The molecule has 0 bridgehead atoms.